The first-order chi connectivity index (χ1) is 9.49. The number of imidazole rings is 1. The minimum Gasteiger partial charge on any atom is -0.481 e. The zero-order chi connectivity index (χ0) is 14.7. The molecule has 0 aliphatic heterocycles. The number of thioether (sulfide) groups is 1. The lowest BCUT2D eigenvalue weighted by Crippen LogP contribution is -2.29. The number of hydrogen-bond acceptors (Lipinski definition) is 4. The molecule has 0 saturated carbocycles. The van der Waals surface area contributed by atoms with Gasteiger partial charge in [-0.1, -0.05) is 23.9 Å². The lowest BCUT2D eigenvalue weighted by atomic mass is 10.3. The molecule has 0 aliphatic rings. The van der Waals surface area contributed by atoms with Crippen LogP contribution >= 0.6 is 11.8 Å². The summed E-state index contributed by atoms with van der Waals surface area (Å²) >= 11 is 1.27. The van der Waals surface area contributed by atoms with Crippen LogP contribution < -0.4 is 0 Å². The van der Waals surface area contributed by atoms with Crippen molar-refractivity contribution in [2.24, 2.45) is 0 Å². The van der Waals surface area contributed by atoms with Crippen LogP contribution in [-0.4, -0.2) is 51.4 Å². The van der Waals surface area contributed by atoms with Crippen molar-refractivity contribution in [1.82, 2.24) is 14.5 Å². The summed E-state index contributed by atoms with van der Waals surface area (Å²) in [6.45, 7) is 2.93. The number of benzene rings is 1. The molecule has 1 unspecified atom stereocenters. The molecule has 0 spiro atoms. The first-order valence-corrected chi connectivity index (χ1v) is 7.44. The van der Waals surface area contributed by atoms with Crippen LogP contribution in [0.2, 0.25) is 0 Å². The molecular formula is C14H19N3O2S. The fourth-order valence-electron chi connectivity index (χ4n) is 1.89. The maximum atomic E-state index is 10.8. The molecule has 0 amide bonds. The van der Waals surface area contributed by atoms with Gasteiger partial charge in [0.15, 0.2) is 5.16 Å². The van der Waals surface area contributed by atoms with Crippen molar-refractivity contribution in [1.29, 1.82) is 0 Å². The number of likely N-dealkylation sites (N-methyl/N-ethyl adjacent to an activating group) is 1. The highest BCUT2D eigenvalue weighted by Gasteiger charge is 2.15. The van der Waals surface area contributed by atoms with Crippen LogP contribution in [0.3, 0.4) is 0 Å². The summed E-state index contributed by atoms with van der Waals surface area (Å²) in [4.78, 5) is 17.4. The Morgan fingerprint density at radius 2 is 2.15 bits per heavy atom. The van der Waals surface area contributed by atoms with Crippen molar-refractivity contribution >= 4 is 28.8 Å². The van der Waals surface area contributed by atoms with Gasteiger partial charge in [0.05, 0.1) is 16.8 Å². The molecule has 0 bridgehead atoms. The Morgan fingerprint density at radius 1 is 1.45 bits per heavy atom. The van der Waals surface area contributed by atoms with Gasteiger partial charge < -0.3 is 14.6 Å². The van der Waals surface area contributed by atoms with E-state index in [4.69, 9.17) is 5.11 Å². The maximum Gasteiger partial charge on any atom is 0.313 e. The first-order valence-electron chi connectivity index (χ1n) is 6.45. The van der Waals surface area contributed by atoms with Gasteiger partial charge in [0, 0.05) is 12.6 Å². The molecule has 20 heavy (non-hydrogen) atoms. The van der Waals surface area contributed by atoms with Gasteiger partial charge in [-0.05, 0) is 33.2 Å². The predicted molar refractivity (Wildman–Crippen MR) is 81.2 cm³/mol. The van der Waals surface area contributed by atoms with Crippen LogP contribution in [0.5, 0.6) is 0 Å². The molecule has 1 aromatic heterocycles. The number of nitrogens with zero attached hydrogens (tertiary/aromatic N) is 3. The Hall–Kier alpha value is -1.53. The third-order valence-corrected chi connectivity index (χ3v) is 4.23. The van der Waals surface area contributed by atoms with Crippen LogP contribution in [0.25, 0.3) is 11.0 Å². The Bertz CT molecular complexity index is 609. The number of para-hydroxylation sites is 2. The Labute approximate surface area is 122 Å². The highest BCUT2D eigenvalue weighted by Crippen LogP contribution is 2.24. The highest BCUT2D eigenvalue weighted by atomic mass is 32.2. The number of aromatic nitrogens is 2. The second kappa shape index (κ2) is 6.28. The van der Waals surface area contributed by atoms with E-state index in [-0.39, 0.29) is 5.75 Å². The minimum atomic E-state index is -0.825. The summed E-state index contributed by atoms with van der Waals surface area (Å²) < 4.78 is 2.10. The molecule has 1 aromatic carbocycles. The van der Waals surface area contributed by atoms with Crippen LogP contribution in [-0.2, 0) is 11.3 Å². The lowest BCUT2D eigenvalue weighted by Gasteiger charge is -2.21. The fraction of sp³-hybridized carbons (Fsp3) is 0.429. The Kier molecular flexibility index (Phi) is 4.67. The summed E-state index contributed by atoms with van der Waals surface area (Å²) in [6, 6.07) is 8.25. The number of rotatable bonds is 6. The lowest BCUT2D eigenvalue weighted by molar-refractivity contribution is -0.133. The first kappa shape index (κ1) is 14.9. The molecule has 0 fully saturated rings. The summed E-state index contributed by atoms with van der Waals surface area (Å²) in [5.41, 5.74) is 1.96. The molecular weight excluding hydrogens is 274 g/mol. The fourth-order valence-corrected chi connectivity index (χ4v) is 2.64. The third-order valence-electron chi connectivity index (χ3n) is 3.27. The van der Waals surface area contributed by atoms with E-state index in [9.17, 15) is 4.79 Å². The molecule has 1 atom stereocenters. The van der Waals surface area contributed by atoms with Crippen LogP contribution in [0.4, 0.5) is 0 Å². The van der Waals surface area contributed by atoms with Crippen molar-refractivity contribution in [2.45, 2.75) is 24.7 Å². The highest BCUT2D eigenvalue weighted by molar-refractivity contribution is 7.99. The average Bonchev–Trinajstić information content (AvgIpc) is 2.74. The van der Waals surface area contributed by atoms with Gasteiger partial charge in [0.25, 0.3) is 0 Å². The Balaban J connectivity index is 2.36. The molecule has 0 radical (unpaired) electrons. The van der Waals surface area contributed by atoms with E-state index in [0.717, 1.165) is 22.7 Å². The van der Waals surface area contributed by atoms with Gasteiger partial charge in [-0.25, -0.2) is 4.98 Å². The van der Waals surface area contributed by atoms with Crippen molar-refractivity contribution in [3.63, 3.8) is 0 Å². The van der Waals surface area contributed by atoms with E-state index in [1.807, 2.05) is 38.4 Å². The maximum absolute atomic E-state index is 10.8. The molecule has 108 valence electrons. The number of fused-ring (bicyclic) bond motifs is 1. The van der Waals surface area contributed by atoms with Crippen LogP contribution in [0, 0.1) is 0 Å². The van der Waals surface area contributed by atoms with Crippen molar-refractivity contribution < 1.29 is 9.90 Å². The molecule has 6 heteroatoms. The van der Waals surface area contributed by atoms with Gasteiger partial charge in [-0.15, -0.1) is 0 Å². The molecule has 0 saturated heterocycles. The van der Waals surface area contributed by atoms with Gasteiger partial charge in [-0.2, -0.15) is 0 Å². The third kappa shape index (κ3) is 3.32. The van der Waals surface area contributed by atoms with E-state index in [2.05, 4.69) is 21.4 Å². The van der Waals surface area contributed by atoms with E-state index >= 15 is 0 Å². The van der Waals surface area contributed by atoms with E-state index in [1.54, 1.807) is 0 Å². The molecule has 2 aromatic rings. The van der Waals surface area contributed by atoms with Gasteiger partial charge in [-0.3, -0.25) is 4.79 Å². The average molecular weight is 293 g/mol. The largest absolute Gasteiger partial charge is 0.481 e. The Morgan fingerprint density at radius 3 is 2.80 bits per heavy atom. The normalized spacial score (nSPS) is 13.0. The van der Waals surface area contributed by atoms with Crippen molar-refractivity contribution in [3.05, 3.63) is 24.3 Å². The number of aliphatic carboxylic acids is 1. The van der Waals surface area contributed by atoms with Gasteiger partial charge in [0.2, 0.25) is 0 Å². The van der Waals surface area contributed by atoms with Crippen LogP contribution in [0.1, 0.15) is 6.92 Å². The summed E-state index contributed by atoms with van der Waals surface area (Å²) in [5, 5.41) is 9.61. The second-order valence-electron chi connectivity index (χ2n) is 4.99. The molecule has 1 heterocycles. The number of hydrogen-bond donors (Lipinski definition) is 1. The zero-order valence-corrected chi connectivity index (χ0v) is 12.7. The number of carbonyl (C=O) groups is 1. The summed E-state index contributed by atoms with van der Waals surface area (Å²) in [5.74, 6) is -0.797. The second-order valence-corrected chi connectivity index (χ2v) is 5.93. The van der Waals surface area contributed by atoms with E-state index in [1.165, 1.54) is 11.8 Å². The zero-order valence-electron chi connectivity index (χ0n) is 11.9. The van der Waals surface area contributed by atoms with Crippen LogP contribution in [0.15, 0.2) is 29.4 Å². The SMILES string of the molecule is CC(Cn1c(SCC(=O)O)nc2ccccc21)N(C)C. The van der Waals surface area contributed by atoms with Gasteiger partial charge >= 0.3 is 5.97 Å². The molecule has 0 aliphatic carbocycles. The van der Waals surface area contributed by atoms with Gasteiger partial charge in [0.1, 0.15) is 0 Å². The topological polar surface area (TPSA) is 58.4 Å². The molecule has 5 nitrogen and oxygen atoms in total. The summed E-state index contributed by atoms with van der Waals surface area (Å²) in [6.07, 6.45) is 0. The molecule has 1 N–H and O–H groups in total. The smallest absolute Gasteiger partial charge is 0.313 e. The number of carboxylic acids is 1. The number of carboxylic acid groups (broad SMARTS) is 1. The minimum absolute atomic E-state index is 0.0274. The molecule has 2 rings (SSSR count). The van der Waals surface area contributed by atoms with E-state index in [0.29, 0.717) is 6.04 Å². The van der Waals surface area contributed by atoms with Crippen molar-refractivity contribution in [2.75, 3.05) is 19.8 Å². The standard InChI is InChI=1S/C14H19N3O2S/c1-10(16(2)3)8-17-12-7-5-4-6-11(12)15-14(17)20-9-13(18)19/h4-7,10H,8-9H2,1-3H3,(H,18,19). The monoisotopic (exact) mass is 293 g/mol. The predicted octanol–water partition coefficient (Wildman–Crippen LogP) is 2.16. The summed E-state index contributed by atoms with van der Waals surface area (Å²) in [7, 11) is 4.07. The van der Waals surface area contributed by atoms with Crippen molar-refractivity contribution in [3.8, 4) is 0 Å². The van der Waals surface area contributed by atoms with E-state index < -0.39 is 5.97 Å². The quantitative estimate of drug-likeness (QED) is 0.827.